The molecule has 2 N–H and O–H groups in total. The summed E-state index contributed by atoms with van der Waals surface area (Å²) in [5, 5.41) is 0. The third-order valence-corrected chi connectivity index (χ3v) is 4.65. The Bertz CT molecular complexity index is 478. The summed E-state index contributed by atoms with van der Waals surface area (Å²) in [7, 11) is 0. The highest BCUT2D eigenvalue weighted by Gasteiger charge is 2.35. The van der Waals surface area contributed by atoms with Gasteiger partial charge in [-0.2, -0.15) is 0 Å². The number of carbonyl (C=O) groups excluding carboxylic acids is 1. The van der Waals surface area contributed by atoms with Crippen molar-refractivity contribution >= 4 is 5.91 Å². The summed E-state index contributed by atoms with van der Waals surface area (Å²) in [6, 6.07) is 7.90. The number of hydrogen-bond acceptors (Lipinski definition) is 3. The molecule has 4 nitrogen and oxygen atoms in total. The van der Waals surface area contributed by atoms with Gasteiger partial charge in [0.1, 0.15) is 5.75 Å². The second-order valence-electron chi connectivity index (χ2n) is 5.96. The monoisotopic (exact) mass is 274 g/mol. The fourth-order valence-electron chi connectivity index (χ4n) is 3.18. The summed E-state index contributed by atoms with van der Waals surface area (Å²) < 4.78 is 5.80. The zero-order chi connectivity index (χ0) is 14.1. The predicted octanol–water partition coefficient (Wildman–Crippen LogP) is 1.43. The molecule has 2 heterocycles. The molecular formula is C16H22N2O2. The van der Waals surface area contributed by atoms with Gasteiger partial charge in [-0.25, -0.2) is 0 Å². The Morgan fingerprint density at radius 1 is 1.45 bits per heavy atom. The van der Waals surface area contributed by atoms with Crippen LogP contribution in [0.4, 0.5) is 0 Å². The molecule has 3 unspecified atom stereocenters. The number of para-hydroxylation sites is 1. The summed E-state index contributed by atoms with van der Waals surface area (Å²) in [5.41, 5.74) is 6.94. The van der Waals surface area contributed by atoms with Gasteiger partial charge >= 0.3 is 0 Å². The van der Waals surface area contributed by atoms with Crippen LogP contribution >= 0.6 is 0 Å². The van der Waals surface area contributed by atoms with E-state index in [0.29, 0.717) is 24.8 Å². The molecule has 2 aliphatic rings. The number of amides is 1. The van der Waals surface area contributed by atoms with Crippen molar-refractivity contribution in [1.82, 2.24) is 4.90 Å². The number of benzene rings is 1. The number of carbonyl (C=O) groups is 1. The number of hydrogen-bond donors (Lipinski definition) is 1. The van der Waals surface area contributed by atoms with Gasteiger partial charge < -0.3 is 15.4 Å². The van der Waals surface area contributed by atoms with Crippen LogP contribution in [0.1, 0.15) is 18.9 Å². The Balaban J connectivity index is 1.66. The van der Waals surface area contributed by atoms with Gasteiger partial charge in [-0.15, -0.1) is 0 Å². The van der Waals surface area contributed by atoms with Crippen LogP contribution < -0.4 is 10.5 Å². The van der Waals surface area contributed by atoms with Crippen molar-refractivity contribution in [3.8, 4) is 5.75 Å². The highest BCUT2D eigenvalue weighted by atomic mass is 16.5. The van der Waals surface area contributed by atoms with Crippen LogP contribution in [0.3, 0.4) is 0 Å². The van der Waals surface area contributed by atoms with E-state index in [0.717, 1.165) is 30.8 Å². The number of nitrogens with two attached hydrogens (primary N) is 1. The molecule has 0 bridgehead atoms. The van der Waals surface area contributed by atoms with Crippen molar-refractivity contribution in [2.75, 3.05) is 19.6 Å². The third-order valence-electron chi connectivity index (χ3n) is 4.65. The first-order valence-electron chi connectivity index (χ1n) is 7.42. The number of ether oxygens (including phenoxy) is 1. The van der Waals surface area contributed by atoms with E-state index in [1.54, 1.807) is 0 Å². The van der Waals surface area contributed by atoms with Gasteiger partial charge in [-0.3, -0.25) is 4.79 Å². The lowest BCUT2D eigenvalue weighted by molar-refractivity contribution is -0.140. The van der Waals surface area contributed by atoms with E-state index in [4.69, 9.17) is 10.5 Å². The van der Waals surface area contributed by atoms with E-state index in [-0.39, 0.29) is 12.0 Å². The van der Waals surface area contributed by atoms with E-state index in [9.17, 15) is 4.79 Å². The van der Waals surface area contributed by atoms with E-state index >= 15 is 0 Å². The maximum atomic E-state index is 12.6. The Morgan fingerprint density at radius 2 is 2.25 bits per heavy atom. The van der Waals surface area contributed by atoms with Crippen LogP contribution in [0.2, 0.25) is 0 Å². The summed E-state index contributed by atoms with van der Waals surface area (Å²) in [4.78, 5) is 14.5. The number of nitrogens with zero attached hydrogens (tertiary/aromatic N) is 1. The van der Waals surface area contributed by atoms with Crippen LogP contribution in [-0.2, 0) is 11.2 Å². The topological polar surface area (TPSA) is 55.6 Å². The van der Waals surface area contributed by atoms with Crippen LogP contribution in [0.5, 0.6) is 5.75 Å². The maximum Gasteiger partial charge on any atom is 0.264 e. The van der Waals surface area contributed by atoms with Gasteiger partial charge in [-0.1, -0.05) is 25.1 Å². The molecule has 1 aromatic carbocycles. The first-order chi connectivity index (χ1) is 9.69. The zero-order valence-electron chi connectivity index (χ0n) is 11.9. The highest BCUT2D eigenvalue weighted by molar-refractivity contribution is 5.82. The Labute approximate surface area is 119 Å². The van der Waals surface area contributed by atoms with E-state index in [2.05, 4.69) is 6.92 Å². The second kappa shape index (κ2) is 5.44. The summed E-state index contributed by atoms with van der Waals surface area (Å²) in [6.45, 7) is 4.47. The summed E-state index contributed by atoms with van der Waals surface area (Å²) in [6.07, 6.45) is 1.38. The highest BCUT2D eigenvalue weighted by Crippen LogP contribution is 2.30. The van der Waals surface area contributed by atoms with E-state index < -0.39 is 0 Å². The molecule has 2 aliphatic heterocycles. The fourth-order valence-corrected chi connectivity index (χ4v) is 3.18. The molecule has 0 aliphatic carbocycles. The predicted molar refractivity (Wildman–Crippen MR) is 77.5 cm³/mol. The normalized spacial score (nSPS) is 28.9. The molecule has 1 saturated heterocycles. The number of rotatable bonds is 2. The quantitative estimate of drug-likeness (QED) is 0.887. The molecule has 1 fully saturated rings. The number of likely N-dealkylation sites (tertiary alicyclic amines) is 1. The van der Waals surface area contributed by atoms with Crippen molar-refractivity contribution in [3.63, 3.8) is 0 Å². The van der Waals surface area contributed by atoms with Crippen LogP contribution in [0, 0.1) is 11.8 Å². The molecule has 0 spiro atoms. The number of piperidine rings is 1. The molecule has 3 rings (SSSR count). The second-order valence-corrected chi connectivity index (χ2v) is 5.96. The minimum atomic E-state index is -0.348. The van der Waals surface area contributed by atoms with Crippen molar-refractivity contribution in [3.05, 3.63) is 29.8 Å². The Morgan fingerprint density at radius 3 is 3.00 bits per heavy atom. The largest absolute Gasteiger partial charge is 0.480 e. The van der Waals surface area contributed by atoms with Crippen molar-refractivity contribution in [2.24, 2.45) is 17.6 Å². The zero-order valence-corrected chi connectivity index (χ0v) is 11.9. The molecule has 0 aromatic heterocycles. The lowest BCUT2D eigenvalue weighted by Crippen LogP contribution is -2.49. The van der Waals surface area contributed by atoms with E-state index in [1.807, 2.05) is 29.2 Å². The van der Waals surface area contributed by atoms with Crippen molar-refractivity contribution in [2.45, 2.75) is 25.9 Å². The van der Waals surface area contributed by atoms with Gasteiger partial charge in [0.15, 0.2) is 6.10 Å². The lowest BCUT2D eigenvalue weighted by atomic mass is 9.87. The average molecular weight is 274 g/mol. The van der Waals surface area contributed by atoms with Gasteiger partial charge in [0, 0.05) is 19.5 Å². The van der Waals surface area contributed by atoms with Gasteiger partial charge in [0.05, 0.1) is 0 Å². The maximum absolute atomic E-state index is 12.6. The van der Waals surface area contributed by atoms with E-state index in [1.165, 1.54) is 0 Å². The standard InChI is InChI=1S/C16H22N2O2/c1-11-6-7-18(10-13(11)9-17)16(19)15-8-12-4-2-3-5-14(12)20-15/h2-5,11,13,15H,6-10,17H2,1H3. The minimum Gasteiger partial charge on any atom is -0.480 e. The third kappa shape index (κ3) is 2.40. The summed E-state index contributed by atoms with van der Waals surface area (Å²) in [5.74, 6) is 1.99. The van der Waals surface area contributed by atoms with Gasteiger partial charge in [-0.05, 0) is 36.4 Å². The lowest BCUT2D eigenvalue weighted by Gasteiger charge is -2.37. The SMILES string of the molecule is CC1CCN(C(=O)C2Cc3ccccc3O2)CC1CN. The fraction of sp³-hybridized carbons (Fsp3) is 0.562. The Kier molecular flexibility index (Phi) is 3.66. The molecule has 20 heavy (non-hydrogen) atoms. The van der Waals surface area contributed by atoms with Crippen LogP contribution in [0.25, 0.3) is 0 Å². The average Bonchev–Trinajstić information content (AvgIpc) is 2.91. The first-order valence-corrected chi connectivity index (χ1v) is 7.42. The number of fused-ring (bicyclic) bond motifs is 1. The van der Waals surface area contributed by atoms with Crippen LogP contribution in [-0.4, -0.2) is 36.5 Å². The summed E-state index contributed by atoms with van der Waals surface area (Å²) >= 11 is 0. The van der Waals surface area contributed by atoms with Crippen molar-refractivity contribution < 1.29 is 9.53 Å². The molecule has 108 valence electrons. The minimum absolute atomic E-state index is 0.117. The van der Waals surface area contributed by atoms with Crippen molar-refractivity contribution in [1.29, 1.82) is 0 Å². The van der Waals surface area contributed by atoms with Gasteiger partial charge in [0.2, 0.25) is 0 Å². The molecule has 3 atom stereocenters. The smallest absolute Gasteiger partial charge is 0.264 e. The molecule has 0 radical (unpaired) electrons. The molecule has 4 heteroatoms. The molecule has 1 aromatic rings. The van der Waals surface area contributed by atoms with Crippen LogP contribution in [0.15, 0.2) is 24.3 Å². The first kappa shape index (κ1) is 13.4. The molecular weight excluding hydrogens is 252 g/mol. The molecule has 0 saturated carbocycles. The molecule has 1 amide bonds. The van der Waals surface area contributed by atoms with Gasteiger partial charge in [0.25, 0.3) is 5.91 Å². The Hall–Kier alpha value is -1.55.